The minimum atomic E-state index is 0.0515. The average Bonchev–Trinajstić information content (AvgIpc) is 3.18. The van der Waals surface area contributed by atoms with Gasteiger partial charge in [0, 0.05) is 62.4 Å². The van der Waals surface area contributed by atoms with E-state index in [1.165, 1.54) is 30.6 Å². The van der Waals surface area contributed by atoms with Crippen molar-refractivity contribution in [3.8, 4) is 0 Å². The van der Waals surface area contributed by atoms with Gasteiger partial charge in [-0.2, -0.15) is 5.10 Å². The Hall–Kier alpha value is -2.38. The van der Waals surface area contributed by atoms with Gasteiger partial charge < -0.3 is 19.7 Å². The zero-order valence-electron chi connectivity index (χ0n) is 19.4. The first-order chi connectivity index (χ1) is 15.7. The van der Waals surface area contributed by atoms with Crippen LogP contribution in [0.4, 0.5) is 5.69 Å². The van der Waals surface area contributed by atoms with Crippen molar-refractivity contribution >= 4 is 11.6 Å². The van der Waals surface area contributed by atoms with Crippen molar-refractivity contribution in [2.75, 3.05) is 31.8 Å². The van der Waals surface area contributed by atoms with Gasteiger partial charge in [0.1, 0.15) is 0 Å². The molecule has 1 atom stereocenters. The van der Waals surface area contributed by atoms with Gasteiger partial charge in [-0.15, -0.1) is 0 Å². The summed E-state index contributed by atoms with van der Waals surface area (Å²) in [6.07, 6.45) is 5.77. The Labute approximate surface area is 191 Å². The monoisotopic (exact) mass is 440 g/mol. The van der Waals surface area contributed by atoms with Gasteiger partial charge in [-0.25, -0.2) is 0 Å². The number of carbonyl (C=O) groups excluding carboxylic acids is 1. The second-order valence-corrected chi connectivity index (χ2v) is 8.87. The predicted molar refractivity (Wildman–Crippen MR) is 125 cm³/mol. The van der Waals surface area contributed by atoms with Gasteiger partial charge >= 0.3 is 0 Å². The van der Waals surface area contributed by atoms with Gasteiger partial charge in [0.2, 0.25) is 5.91 Å². The quantitative estimate of drug-likeness (QED) is 0.648. The van der Waals surface area contributed by atoms with Crippen LogP contribution in [0.1, 0.15) is 55.1 Å². The van der Waals surface area contributed by atoms with Gasteiger partial charge in [-0.1, -0.05) is 12.1 Å². The van der Waals surface area contributed by atoms with E-state index in [1.54, 1.807) is 7.11 Å². The zero-order valence-corrected chi connectivity index (χ0v) is 19.4. The lowest BCUT2D eigenvalue weighted by Crippen LogP contribution is -2.37. The molecule has 4 rings (SSSR count). The molecule has 2 aliphatic heterocycles. The fourth-order valence-corrected chi connectivity index (χ4v) is 4.75. The summed E-state index contributed by atoms with van der Waals surface area (Å²) in [6, 6.07) is 9.22. The first-order valence-electron chi connectivity index (χ1n) is 11.9. The summed E-state index contributed by atoms with van der Waals surface area (Å²) in [7, 11) is 1.70. The van der Waals surface area contributed by atoms with Gasteiger partial charge in [-0.05, 0) is 43.9 Å². The standard InChI is InChI=1S/C25H36N4O3/c1-19-5-3-4-13-28(19)21-8-6-20(7-9-21)17-26-25(30)11-10-23-22-18-32-15-12-24(22)29(27-23)14-16-31-2/h6-9,19H,3-5,10-18H2,1-2H3,(H,26,30). The Morgan fingerprint density at radius 2 is 2.12 bits per heavy atom. The van der Waals surface area contributed by atoms with Crippen molar-refractivity contribution in [1.29, 1.82) is 0 Å². The van der Waals surface area contributed by atoms with Crippen LogP contribution in [0.3, 0.4) is 0 Å². The van der Waals surface area contributed by atoms with Crippen LogP contribution in [-0.4, -0.2) is 48.6 Å². The molecule has 32 heavy (non-hydrogen) atoms. The van der Waals surface area contributed by atoms with E-state index in [0.29, 0.717) is 38.6 Å². The van der Waals surface area contributed by atoms with Crippen LogP contribution in [0.15, 0.2) is 24.3 Å². The zero-order chi connectivity index (χ0) is 22.3. The number of anilines is 1. The highest BCUT2D eigenvalue weighted by molar-refractivity contribution is 5.76. The lowest BCUT2D eigenvalue weighted by molar-refractivity contribution is -0.121. The molecular weight excluding hydrogens is 404 g/mol. The Bertz CT molecular complexity index is 893. The maximum Gasteiger partial charge on any atom is 0.220 e. The SMILES string of the molecule is COCCn1nc(CCC(=O)NCc2ccc(N3CCCCC3C)cc2)c2c1CCOC2. The van der Waals surface area contributed by atoms with Gasteiger partial charge in [0.25, 0.3) is 0 Å². The minimum Gasteiger partial charge on any atom is -0.383 e. The van der Waals surface area contributed by atoms with Crippen LogP contribution in [0, 0.1) is 0 Å². The van der Waals surface area contributed by atoms with Crippen LogP contribution in [0.5, 0.6) is 0 Å². The van der Waals surface area contributed by atoms with Crippen molar-refractivity contribution < 1.29 is 14.3 Å². The largest absolute Gasteiger partial charge is 0.383 e. The number of ether oxygens (including phenoxy) is 2. The Kier molecular flexibility index (Phi) is 7.81. The molecule has 1 aromatic carbocycles. The molecule has 0 bridgehead atoms. The van der Waals surface area contributed by atoms with E-state index < -0.39 is 0 Å². The van der Waals surface area contributed by atoms with Crippen LogP contribution in [0.25, 0.3) is 0 Å². The number of nitrogens with one attached hydrogen (secondary N) is 1. The highest BCUT2D eigenvalue weighted by Crippen LogP contribution is 2.25. The number of benzene rings is 1. The van der Waals surface area contributed by atoms with E-state index in [9.17, 15) is 4.79 Å². The lowest BCUT2D eigenvalue weighted by atomic mass is 10.0. The summed E-state index contributed by atoms with van der Waals surface area (Å²) in [5, 5.41) is 7.81. The summed E-state index contributed by atoms with van der Waals surface area (Å²) >= 11 is 0. The summed E-state index contributed by atoms with van der Waals surface area (Å²) < 4.78 is 12.9. The minimum absolute atomic E-state index is 0.0515. The predicted octanol–water partition coefficient (Wildman–Crippen LogP) is 3.23. The van der Waals surface area contributed by atoms with E-state index in [-0.39, 0.29) is 5.91 Å². The maximum atomic E-state index is 12.5. The third-order valence-electron chi connectivity index (χ3n) is 6.64. The van der Waals surface area contributed by atoms with Crippen molar-refractivity contribution in [2.24, 2.45) is 0 Å². The molecule has 0 saturated carbocycles. The second kappa shape index (κ2) is 11.0. The molecule has 174 valence electrons. The molecule has 1 saturated heterocycles. The van der Waals surface area contributed by atoms with Gasteiger partial charge in [0.05, 0.1) is 32.1 Å². The van der Waals surface area contributed by atoms with E-state index in [0.717, 1.165) is 42.9 Å². The first kappa shape index (κ1) is 22.8. The van der Waals surface area contributed by atoms with E-state index in [4.69, 9.17) is 14.6 Å². The molecule has 2 aromatic rings. The van der Waals surface area contributed by atoms with E-state index in [2.05, 4.69) is 41.4 Å². The number of fused-ring (bicyclic) bond motifs is 1. The van der Waals surface area contributed by atoms with Gasteiger partial charge in [-0.3, -0.25) is 9.48 Å². The van der Waals surface area contributed by atoms with Crippen molar-refractivity contribution in [3.05, 3.63) is 46.8 Å². The third kappa shape index (κ3) is 5.51. The smallest absolute Gasteiger partial charge is 0.220 e. The van der Waals surface area contributed by atoms with E-state index in [1.807, 2.05) is 4.68 Å². The van der Waals surface area contributed by atoms with Gasteiger partial charge in [0.15, 0.2) is 0 Å². The highest BCUT2D eigenvalue weighted by atomic mass is 16.5. The molecule has 0 spiro atoms. The number of hydrogen-bond acceptors (Lipinski definition) is 5. The molecule has 1 N–H and O–H groups in total. The Balaban J connectivity index is 1.28. The van der Waals surface area contributed by atoms with Crippen LogP contribution in [0.2, 0.25) is 0 Å². The number of methoxy groups -OCH3 is 1. The number of nitrogens with zero attached hydrogens (tertiary/aromatic N) is 3. The number of aromatic nitrogens is 2. The summed E-state index contributed by atoms with van der Waals surface area (Å²) in [4.78, 5) is 15.0. The molecular formula is C25H36N4O3. The number of piperidine rings is 1. The number of carbonyl (C=O) groups is 1. The van der Waals surface area contributed by atoms with Crippen molar-refractivity contribution in [1.82, 2.24) is 15.1 Å². The highest BCUT2D eigenvalue weighted by Gasteiger charge is 2.22. The average molecular weight is 441 g/mol. The maximum absolute atomic E-state index is 12.5. The van der Waals surface area contributed by atoms with Crippen molar-refractivity contribution in [2.45, 2.75) is 71.2 Å². The Morgan fingerprint density at radius 1 is 1.28 bits per heavy atom. The normalized spacial score (nSPS) is 18.4. The Morgan fingerprint density at radius 3 is 2.91 bits per heavy atom. The van der Waals surface area contributed by atoms with Crippen LogP contribution in [-0.2, 0) is 46.8 Å². The van der Waals surface area contributed by atoms with Crippen molar-refractivity contribution in [3.63, 3.8) is 0 Å². The lowest BCUT2D eigenvalue weighted by Gasteiger charge is -2.35. The summed E-state index contributed by atoms with van der Waals surface area (Å²) in [5.74, 6) is 0.0515. The molecule has 1 aromatic heterocycles. The number of amides is 1. The molecule has 1 amide bonds. The third-order valence-corrected chi connectivity index (χ3v) is 6.64. The van der Waals surface area contributed by atoms with Crippen LogP contribution < -0.4 is 10.2 Å². The fraction of sp³-hybridized carbons (Fsp3) is 0.600. The molecule has 1 fully saturated rings. The molecule has 0 radical (unpaired) electrons. The molecule has 1 unspecified atom stereocenters. The molecule has 7 nitrogen and oxygen atoms in total. The molecule has 3 heterocycles. The molecule has 2 aliphatic rings. The number of aryl methyl sites for hydroxylation is 1. The summed E-state index contributed by atoms with van der Waals surface area (Å²) in [6.45, 7) is 6.66. The topological polar surface area (TPSA) is 68.6 Å². The fourth-order valence-electron chi connectivity index (χ4n) is 4.75. The molecule has 0 aliphatic carbocycles. The van der Waals surface area contributed by atoms with Crippen LogP contribution >= 0.6 is 0 Å². The second-order valence-electron chi connectivity index (χ2n) is 8.87. The number of rotatable bonds is 9. The number of hydrogen-bond donors (Lipinski definition) is 1. The summed E-state index contributed by atoms with van der Waals surface area (Å²) in [5.41, 5.74) is 5.77. The van der Waals surface area contributed by atoms with E-state index >= 15 is 0 Å². The molecule has 7 heteroatoms. The first-order valence-corrected chi connectivity index (χ1v) is 11.9.